The van der Waals surface area contributed by atoms with E-state index >= 15 is 0 Å². The van der Waals surface area contributed by atoms with E-state index in [-0.39, 0.29) is 21.7 Å². The summed E-state index contributed by atoms with van der Waals surface area (Å²) in [5.74, 6) is 0. The van der Waals surface area contributed by atoms with E-state index in [1.54, 1.807) is 0 Å². The van der Waals surface area contributed by atoms with Crippen LogP contribution in [0.15, 0.2) is 84.9 Å². The first-order valence-electron chi connectivity index (χ1n) is 17.7. The van der Waals surface area contributed by atoms with Crippen molar-refractivity contribution < 1.29 is 0 Å². The van der Waals surface area contributed by atoms with Gasteiger partial charge in [0.1, 0.15) is 0 Å². The van der Waals surface area contributed by atoms with Crippen LogP contribution in [-0.4, -0.2) is 8.97 Å². The molecule has 0 aliphatic rings. The molecule has 0 amide bonds. The Morgan fingerprint density at radius 1 is 0.333 bits per heavy atom. The Balaban J connectivity index is 1.47. The van der Waals surface area contributed by atoms with Crippen LogP contribution < -0.4 is 0 Å². The van der Waals surface area contributed by atoms with Crippen LogP contribution in [0.5, 0.6) is 0 Å². The van der Waals surface area contributed by atoms with Crippen molar-refractivity contribution in [2.75, 3.05) is 0 Å². The van der Waals surface area contributed by atoms with Crippen LogP contribution in [0.3, 0.4) is 0 Å². The zero-order valence-electron chi connectivity index (χ0n) is 31.0. The summed E-state index contributed by atoms with van der Waals surface area (Å²) in [4.78, 5) is 0. The van der Waals surface area contributed by atoms with Crippen molar-refractivity contribution >= 4 is 59.9 Å². The van der Waals surface area contributed by atoms with E-state index in [0.29, 0.717) is 0 Å². The highest BCUT2D eigenvalue weighted by Crippen LogP contribution is 2.44. The fourth-order valence-corrected chi connectivity index (χ4v) is 7.81. The first-order valence-corrected chi connectivity index (χ1v) is 17.7. The van der Waals surface area contributed by atoms with E-state index in [2.05, 4.69) is 177 Å². The molecule has 244 valence electrons. The Hall–Kier alpha value is -4.30. The summed E-state index contributed by atoms with van der Waals surface area (Å²) in [6.45, 7) is 27.8. The van der Waals surface area contributed by atoms with Gasteiger partial charge < -0.3 is 8.97 Å². The predicted molar refractivity (Wildman–Crippen MR) is 210 cm³/mol. The Kier molecular flexibility index (Phi) is 6.23. The molecule has 0 saturated heterocycles. The minimum absolute atomic E-state index is 0.0312. The summed E-state index contributed by atoms with van der Waals surface area (Å²) in [7, 11) is 0. The number of rotatable bonds is 1. The molecule has 3 aromatic heterocycles. The van der Waals surface area contributed by atoms with Gasteiger partial charge in [0.15, 0.2) is 0 Å². The van der Waals surface area contributed by atoms with Crippen LogP contribution >= 0.6 is 0 Å². The van der Waals surface area contributed by atoms with Gasteiger partial charge >= 0.3 is 0 Å². The second-order valence-corrected chi connectivity index (χ2v) is 18.5. The van der Waals surface area contributed by atoms with Gasteiger partial charge in [-0.2, -0.15) is 0 Å². The van der Waals surface area contributed by atoms with Crippen LogP contribution in [0.1, 0.15) is 105 Å². The molecule has 48 heavy (non-hydrogen) atoms. The Bertz CT molecular complexity index is 2500. The minimum atomic E-state index is 0.0312. The summed E-state index contributed by atoms with van der Waals surface area (Å²) in [6.07, 6.45) is 0. The number of nitrogens with zero attached hydrogens (tertiary/aromatic N) is 2. The Morgan fingerprint density at radius 2 is 0.667 bits per heavy atom. The predicted octanol–water partition coefficient (Wildman–Crippen LogP) is 13.1. The van der Waals surface area contributed by atoms with Gasteiger partial charge in [0.25, 0.3) is 0 Å². The Labute approximate surface area is 285 Å². The molecule has 0 aliphatic heterocycles. The van der Waals surface area contributed by atoms with E-state index in [9.17, 15) is 0 Å². The number of fused-ring (bicyclic) bond motifs is 9. The monoisotopic (exact) mass is 630 g/mol. The summed E-state index contributed by atoms with van der Waals surface area (Å²) in [5.41, 5.74) is 13.4. The largest absolute Gasteiger partial charge is 0.309 e. The highest BCUT2D eigenvalue weighted by Gasteiger charge is 2.25. The molecule has 0 aliphatic carbocycles. The molecule has 0 bridgehead atoms. The van der Waals surface area contributed by atoms with E-state index in [1.807, 2.05) is 0 Å². The van der Waals surface area contributed by atoms with Gasteiger partial charge in [-0.15, -0.1) is 0 Å². The lowest BCUT2D eigenvalue weighted by Crippen LogP contribution is -2.11. The SMILES string of the molecule is CC(C)(C)c1ccc2c(c1)c1cc(C(C)(C)C)ccc1n2-c1ccc2c(c1)c1cc(C(C)(C)C)cc3c4cc(C(C)(C)C)ccc4n2c13. The maximum Gasteiger partial charge on any atom is 0.0620 e. The summed E-state index contributed by atoms with van der Waals surface area (Å²) in [6, 6.07) is 33.4. The molecule has 3 heterocycles. The van der Waals surface area contributed by atoms with Gasteiger partial charge in [0.05, 0.1) is 27.6 Å². The van der Waals surface area contributed by atoms with Gasteiger partial charge in [-0.3, -0.25) is 0 Å². The zero-order valence-corrected chi connectivity index (χ0v) is 31.0. The topological polar surface area (TPSA) is 9.34 Å². The maximum absolute atomic E-state index is 2.52. The van der Waals surface area contributed by atoms with Gasteiger partial charge in [-0.25, -0.2) is 0 Å². The van der Waals surface area contributed by atoms with Crippen molar-refractivity contribution in [3.8, 4) is 5.69 Å². The van der Waals surface area contributed by atoms with Crippen molar-refractivity contribution in [1.29, 1.82) is 0 Å². The van der Waals surface area contributed by atoms with Crippen molar-refractivity contribution in [2.24, 2.45) is 0 Å². The van der Waals surface area contributed by atoms with Gasteiger partial charge in [0, 0.05) is 38.0 Å². The van der Waals surface area contributed by atoms with Crippen LogP contribution in [-0.2, 0) is 21.7 Å². The van der Waals surface area contributed by atoms with Crippen molar-refractivity contribution in [3.05, 3.63) is 107 Å². The molecule has 0 fully saturated rings. The number of hydrogen-bond donors (Lipinski definition) is 0. The minimum Gasteiger partial charge on any atom is -0.309 e. The van der Waals surface area contributed by atoms with Crippen LogP contribution in [0, 0.1) is 0 Å². The molecule has 5 aromatic carbocycles. The molecule has 0 radical (unpaired) electrons. The molecule has 2 nitrogen and oxygen atoms in total. The van der Waals surface area contributed by atoms with E-state index < -0.39 is 0 Å². The molecule has 8 rings (SSSR count). The standard InChI is InChI=1S/C46H50N2/c1-43(2,3)27-13-17-38-32(21-27)33-22-28(44(4,5)6)14-18-39(33)47(38)31-16-20-41-35(26-31)37-25-30(46(10,11)12)24-36-34-23-29(45(7,8)9)15-19-40(34)48(41)42(36)37/h13-26H,1-12H3. The Morgan fingerprint density at radius 3 is 1.08 bits per heavy atom. The number of hydrogen-bond acceptors (Lipinski definition) is 0. The molecule has 2 heteroatoms. The normalized spacial score (nSPS) is 13.8. The van der Waals surface area contributed by atoms with E-state index in [1.165, 1.54) is 87.8 Å². The lowest BCUT2D eigenvalue weighted by atomic mass is 9.84. The van der Waals surface area contributed by atoms with Crippen LogP contribution in [0.2, 0.25) is 0 Å². The van der Waals surface area contributed by atoms with Crippen molar-refractivity contribution in [3.63, 3.8) is 0 Å². The fourth-order valence-electron chi connectivity index (χ4n) is 7.81. The third-order valence-corrected chi connectivity index (χ3v) is 10.9. The summed E-state index contributed by atoms with van der Waals surface area (Å²) < 4.78 is 5.02. The number of aromatic nitrogens is 2. The average molecular weight is 631 g/mol. The highest BCUT2D eigenvalue weighted by atomic mass is 15.0. The molecule has 8 aromatic rings. The van der Waals surface area contributed by atoms with Gasteiger partial charge in [-0.05, 0) is 111 Å². The molecule has 0 saturated carbocycles. The number of benzene rings is 5. The van der Waals surface area contributed by atoms with Crippen LogP contribution in [0.4, 0.5) is 0 Å². The molecule has 0 unspecified atom stereocenters. The van der Waals surface area contributed by atoms with E-state index in [0.717, 1.165) is 0 Å². The average Bonchev–Trinajstić information content (AvgIpc) is 3.62. The lowest BCUT2D eigenvalue weighted by Gasteiger charge is -2.20. The van der Waals surface area contributed by atoms with Gasteiger partial charge in [-0.1, -0.05) is 101 Å². The quantitative estimate of drug-likeness (QED) is 0.171. The summed E-state index contributed by atoms with van der Waals surface area (Å²) in [5, 5.41) is 8.02. The molecular formula is C46H50N2. The molecule has 0 N–H and O–H groups in total. The third kappa shape index (κ3) is 4.51. The lowest BCUT2D eigenvalue weighted by molar-refractivity contribution is 0.590. The zero-order chi connectivity index (χ0) is 34.3. The molecule has 0 spiro atoms. The molecule has 0 atom stereocenters. The second kappa shape index (κ2) is 9.65. The highest BCUT2D eigenvalue weighted by molar-refractivity contribution is 6.24. The first kappa shape index (κ1) is 31.0. The van der Waals surface area contributed by atoms with Crippen LogP contribution in [0.25, 0.3) is 65.6 Å². The van der Waals surface area contributed by atoms with E-state index in [4.69, 9.17) is 0 Å². The first-order chi connectivity index (χ1) is 22.3. The smallest absolute Gasteiger partial charge is 0.0620 e. The van der Waals surface area contributed by atoms with Crippen molar-refractivity contribution in [1.82, 2.24) is 8.97 Å². The second-order valence-electron chi connectivity index (χ2n) is 18.5. The van der Waals surface area contributed by atoms with Gasteiger partial charge in [0.2, 0.25) is 0 Å². The molecular weight excluding hydrogens is 581 g/mol. The summed E-state index contributed by atoms with van der Waals surface area (Å²) >= 11 is 0. The third-order valence-electron chi connectivity index (χ3n) is 10.9. The maximum atomic E-state index is 2.52. The fraction of sp³-hybridized carbons (Fsp3) is 0.348. The van der Waals surface area contributed by atoms with Crippen molar-refractivity contribution in [2.45, 2.75) is 105 Å².